The number of halogens is 1. The molecular formula is C17H18BrN3S. The Morgan fingerprint density at radius 1 is 1.09 bits per heavy atom. The molecule has 0 bridgehead atoms. The van der Waals surface area contributed by atoms with Crippen LogP contribution in [0.25, 0.3) is 5.69 Å². The van der Waals surface area contributed by atoms with Crippen molar-refractivity contribution in [2.45, 2.75) is 26.9 Å². The van der Waals surface area contributed by atoms with Crippen LogP contribution in [0.1, 0.15) is 21.8 Å². The summed E-state index contributed by atoms with van der Waals surface area (Å²) in [6.45, 7) is 5.92. The molecule has 1 aromatic carbocycles. The van der Waals surface area contributed by atoms with Crippen LogP contribution in [0, 0.1) is 13.8 Å². The van der Waals surface area contributed by atoms with E-state index in [4.69, 9.17) is 0 Å². The molecule has 0 radical (unpaired) electrons. The van der Waals surface area contributed by atoms with E-state index in [9.17, 15) is 0 Å². The topological polar surface area (TPSA) is 29.9 Å². The highest BCUT2D eigenvalue weighted by Gasteiger charge is 2.12. The van der Waals surface area contributed by atoms with E-state index in [1.54, 1.807) is 11.3 Å². The smallest absolute Gasteiger partial charge is 0.0701 e. The summed E-state index contributed by atoms with van der Waals surface area (Å²) in [5.74, 6) is 0. The van der Waals surface area contributed by atoms with Gasteiger partial charge >= 0.3 is 0 Å². The molecule has 114 valence electrons. The van der Waals surface area contributed by atoms with Crippen molar-refractivity contribution in [1.82, 2.24) is 15.1 Å². The number of rotatable bonds is 5. The summed E-state index contributed by atoms with van der Waals surface area (Å²) in [6, 6.07) is 14.5. The molecule has 3 rings (SSSR count). The Hall–Kier alpha value is -1.43. The number of benzene rings is 1. The fraction of sp³-hybridized carbons (Fsp3) is 0.235. The predicted octanol–water partition coefficient (Wildman–Crippen LogP) is 4.60. The summed E-state index contributed by atoms with van der Waals surface area (Å²) in [5.41, 5.74) is 4.67. The molecule has 1 N–H and O–H groups in total. The van der Waals surface area contributed by atoms with E-state index >= 15 is 0 Å². The summed E-state index contributed by atoms with van der Waals surface area (Å²) >= 11 is 5.27. The summed E-state index contributed by atoms with van der Waals surface area (Å²) < 4.78 is 3.20. The van der Waals surface area contributed by atoms with Crippen LogP contribution >= 0.6 is 27.3 Å². The maximum Gasteiger partial charge on any atom is 0.0701 e. The van der Waals surface area contributed by atoms with Crippen LogP contribution < -0.4 is 5.32 Å². The lowest BCUT2D eigenvalue weighted by molar-refractivity contribution is 0.694. The molecule has 0 unspecified atom stereocenters. The third-order valence-corrected chi connectivity index (χ3v) is 5.30. The highest BCUT2D eigenvalue weighted by Crippen LogP contribution is 2.22. The minimum atomic E-state index is 0.833. The SMILES string of the molecule is Cc1nn(-c2ccccc2)c(C)c1CNCc1ccc(Br)s1. The third-order valence-electron chi connectivity index (χ3n) is 3.67. The molecule has 0 aliphatic carbocycles. The van der Waals surface area contributed by atoms with Gasteiger partial charge in [-0.3, -0.25) is 0 Å². The number of hydrogen-bond donors (Lipinski definition) is 1. The van der Waals surface area contributed by atoms with E-state index in [1.807, 2.05) is 22.9 Å². The number of para-hydroxylation sites is 1. The van der Waals surface area contributed by atoms with Gasteiger partial charge in [-0.15, -0.1) is 11.3 Å². The zero-order chi connectivity index (χ0) is 15.5. The van der Waals surface area contributed by atoms with Gasteiger partial charge in [0.15, 0.2) is 0 Å². The Morgan fingerprint density at radius 2 is 1.86 bits per heavy atom. The molecule has 0 saturated carbocycles. The van der Waals surface area contributed by atoms with Gasteiger partial charge in [-0.1, -0.05) is 18.2 Å². The van der Waals surface area contributed by atoms with Crippen molar-refractivity contribution in [1.29, 1.82) is 0 Å². The quantitative estimate of drug-likeness (QED) is 0.705. The van der Waals surface area contributed by atoms with Crippen LogP contribution in [0.5, 0.6) is 0 Å². The van der Waals surface area contributed by atoms with Crippen LogP contribution in [0.3, 0.4) is 0 Å². The Bertz CT molecular complexity index is 762. The van der Waals surface area contributed by atoms with E-state index in [0.717, 1.165) is 24.5 Å². The first-order chi connectivity index (χ1) is 10.6. The van der Waals surface area contributed by atoms with Crippen LogP contribution in [-0.4, -0.2) is 9.78 Å². The van der Waals surface area contributed by atoms with E-state index in [2.05, 4.69) is 64.5 Å². The number of aryl methyl sites for hydroxylation is 1. The number of thiophene rings is 1. The molecule has 0 atom stereocenters. The average Bonchev–Trinajstić information content (AvgIpc) is 3.06. The minimum Gasteiger partial charge on any atom is -0.308 e. The first kappa shape index (κ1) is 15.5. The summed E-state index contributed by atoms with van der Waals surface area (Å²) in [7, 11) is 0. The summed E-state index contributed by atoms with van der Waals surface area (Å²) in [4.78, 5) is 1.33. The predicted molar refractivity (Wildman–Crippen MR) is 95.6 cm³/mol. The molecule has 5 heteroatoms. The van der Waals surface area contributed by atoms with E-state index in [-0.39, 0.29) is 0 Å². The minimum absolute atomic E-state index is 0.833. The molecule has 0 amide bonds. The van der Waals surface area contributed by atoms with E-state index in [1.165, 1.54) is 19.9 Å². The van der Waals surface area contributed by atoms with Gasteiger partial charge in [0.2, 0.25) is 0 Å². The van der Waals surface area contributed by atoms with Crippen molar-refractivity contribution in [3.05, 3.63) is 68.1 Å². The van der Waals surface area contributed by atoms with Crippen molar-refractivity contribution in [2.24, 2.45) is 0 Å². The van der Waals surface area contributed by atoms with Gasteiger partial charge in [0.1, 0.15) is 0 Å². The number of aromatic nitrogens is 2. The molecule has 0 spiro atoms. The molecule has 0 fully saturated rings. The maximum absolute atomic E-state index is 4.68. The van der Waals surface area contributed by atoms with E-state index < -0.39 is 0 Å². The normalized spacial score (nSPS) is 11.0. The number of nitrogens with one attached hydrogen (secondary N) is 1. The van der Waals surface area contributed by atoms with Gasteiger partial charge in [-0.2, -0.15) is 5.10 Å². The van der Waals surface area contributed by atoms with Crippen molar-refractivity contribution in [3.63, 3.8) is 0 Å². The lowest BCUT2D eigenvalue weighted by atomic mass is 10.2. The molecule has 0 saturated heterocycles. The molecule has 0 aliphatic rings. The molecule has 2 heterocycles. The molecule has 3 nitrogen and oxygen atoms in total. The van der Waals surface area contributed by atoms with E-state index in [0.29, 0.717) is 0 Å². The van der Waals surface area contributed by atoms with Crippen molar-refractivity contribution >= 4 is 27.3 Å². The molecule has 22 heavy (non-hydrogen) atoms. The second-order valence-corrected chi connectivity index (χ2v) is 7.75. The van der Waals surface area contributed by atoms with Crippen LogP contribution in [0.4, 0.5) is 0 Å². The number of nitrogens with zero attached hydrogens (tertiary/aromatic N) is 2. The Morgan fingerprint density at radius 3 is 2.55 bits per heavy atom. The van der Waals surface area contributed by atoms with Crippen molar-refractivity contribution in [3.8, 4) is 5.69 Å². The standard InChI is InChI=1S/C17H18BrN3S/c1-12-16(11-19-10-15-8-9-17(18)22-15)13(2)21(20-12)14-6-4-3-5-7-14/h3-9,19H,10-11H2,1-2H3. The highest BCUT2D eigenvalue weighted by atomic mass is 79.9. The van der Waals surface area contributed by atoms with Crippen LogP contribution in [0.2, 0.25) is 0 Å². The lowest BCUT2D eigenvalue weighted by Gasteiger charge is -2.06. The van der Waals surface area contributed by atoms with Crippen LogP contribution in [0.15, 0.2) is 46.3 Å². The third kappa shape index (κ3) is 3.32. The first-order valence-corrected chi connectivity index (χ1v) is 8.81. The largest absolute Gasteiger partial charge is 0.308 e. The number of hydrogen-bond acceptors (Lipinski definition) is 3. The van der Waals surface area contributed by atoms with Gasteiger partial charge in [-0.05, 0) is 54.0 Å². The fourth-order valence-corrected chi connectivity index (χ4v) is 3.96. The second-order valence-electron chi connectivity index (χ2n) is 5.21. The highest BCUT2D eigenvalue weighted by molar-refractivity contribution is 9.11. The Labute approximate surface area is 143 Å². The fourth-order valence-electron chi connectivity index (χ4n) is 2.51. The average molecular weight is 376 g/mol. The molecule has 0 aliphatic heterocycles. The van der Waals surface area contributed by atoms with Gasteiger partial charge in [0.05, 0.1) is 15.2 Å². The maximum atomic E-state index is 4.68. The zero-order valence-corrected chi connectivity index (χ0v) is 15.0. The van der Waals surface area contributed by atoms with Gasteiger partial charge in [0, 0.05) is 29.2 Å². The Balaban J connectivity index is 1.73. The molecular weight excluding hydrogens is 358 g/mol. The van der Waals surface area contributed by atoms with Gasteiger partial charge in [-0.25, -0.2) is 4.68 Å². The van der Waals surface area contributed by atoms with Crippen molar-refractivity contribution < 1.29 is 0 Å². The molecule has 3 aromatic rings. The lowest BCUT2D eigenvalue weighted by Crippen LogP contribution is -2.13. The first-order valence-electron chi connectivity index (χ1n) is 7.20. The zero-order valence-electron chi connectivity index (χ0n) is 12.6. The van der Waals surface area contributed by atoms with Gasteiger partial charge in [0.25, 0.3) is 0 Å². The van der Waals surface area contributed by atoms with Crippen LogP contribution in [-0.2, 0) is 13.1 Å². The molecule has 2 aromatic heterocycles. The Kier molecular flexibility index (Phi) is 4.76. The second kappa shape index (κ2) is 6.77. The summed E-state index contributed by atoms with van der Waals surface area (Å²) in [6.07, 6.45) is 0. The van der Waals surface area contributed by atoms with Gasteiger partial charge < -0.3 is 5.32 Å². The van der Waals surface area contributed by atoms with Crippen molar-refractivity contribution in [2.75, 3.05) is 0 Å². The monoisotopic (exact) mass is 375 g/mol. The summed E-state index contributed by atoms with van der Waals surface area (Å²) in [5, 5.41) is 8.20.